The molecule has 0 fully saturated rings. The average Bonchev–Trinajstić information content (AvgIpc) is 3.13. The monoisotopic (exact) mass is 415 g/mol. The van der Waals surface area contributed by atoms with Crippen LogP contribution < -0.4 is 12.4 Å². The number of hydrogen-bond donors (Lipinski definition) is 0. The summed E-state index contributed by atoms with van der Waals surface area (Å²) in [6.07, 6.45) is 9.84. The van der Waals surface area contributed by atoms with E-state index >= 15 is 0 Å². The molecular formula is C20H22ClSiZr. The molecule has 0 aliphatic heterocycles. The predicted molar refractivity (Wildman–Crippen MR) is 96.4 cm³/mol. The van der Waals surface area contributed by atoms with Crippen LogP contribution in [0.25, 0.3) is 12.2 Å². The quantitative estimate of drug-likeness (QED) is 0.673. The van der Waals surface area contributed by atoms with Crippen molar-refractivity contribution in [1.29, 1.82) is 0 Å². The Balaban J connectivity index is 0.00000104. The largest absolute Gasteiger partial charge is 1.00 e. The molecule has 0 N–H and O–H groups in total. The average molecular weight is 417 g/mol. The van der Waals surface area contributed by atoms with E-state index < -0.39 is 26.8 Å². The molecule has 4 rings (SSSR count). The fourth-order valence-electron chi connectivity index (χ4n) is 3.99. The number of hydrogen-bond acceptors (Lipinski definition) is 0. The minimum Gasteiger partial charge on any atom is -1.00 e. The first-order valence-electron chi connectivity index (χ1n) is 8.16. The van der Waals surface area contributed by atoms with Gasteiger partial charge in [0.1, 0.15) is 0 Å². The zero-order chi connectivity index (χ0) is 15.1. The SMILES string of the molecule is C[SiH](C)[Zr+2]([CH]1C=Cc2ccccc21)[CH]1C=Cc2ccccc21.[Cl-].[H-]. The van der Waals surface area contributed by atoms with Crippen LogP contribution in [0.2, 0.25) is 13.1 Å². The van der Waals surface area contributed by atoms with Gasteiger partial charge in [0, 0.05) is 0 Å². The van der Waals surface area contributed by atoms with Crippen LogP contribution in [0.15, 0.2) is 60.7 Å². The maximum absolute atomic E-state index is 2.60. The summed E-state index contributed by atoms with van der Waals surface area (Å²) in [6.45, 7) is 5.19. The van der Waals surface area contributed by atoms with Gasteiger partial charge in [0.2, 0.25) is 0 Å². The van der Waals surface area contributed by atoms with Crippen molar-refractivity contribution in [2.75, 3.05) is 0 Å². The molecule has 0 radical (unpaired) electrons. The van der Waals surface area contributed by atoms with Gasteiger partial charge < -0.3 is 13.8 Å². The minimum absolute atomic E-state index is 0. The van der Waals surface area contributed by atoms with E-state index in [0.717, 1.165) is 7.25 Å². The fourth-order valence-corrected chi connectivity index (χ4v) is 25.0. The van der Waals surface area contributed by atoms with Crippen molar-refractivity contribution in [2.45, 2.75) is 20.3 Å². The van der Waals surface area contributed by atoms with Gasteiger partial charge in [0.25, 0.3) is 0 Å². The third-order valence-corrected chi connectivity index (χ3v) is 26.4. The summed E-state index contributed by atoms with van der Waals surface area (Å²) in [5.41, 5.74) is 6.18. The van der Waals surface area contributed by atoms with Gasteiger partial charge in [0.05, 0.1) is 0 Å². The van der Waals surface area contributed by atoms with Gasteiger partial charge in [-0.25, -0.2) is 0 Å². The summed E-state index contributed by atoms with van der Waals surface area (Å²) in [5, 5.41) is 0. The zero-order valence-electron chi connectivity index (χ0n) is 14.5. The van der Waals surface area contributed by atoms with Crippen LogP contribution in [-0.2, 0) is 20.9 Å². The number of halogens is 1. The van der Waals surface area contributed by atoms with Crippen molar-refractivity contribution in [2.24, 2.45) is 0 Å². The Kier molecular flexibility index (Phi) is 5.26. The topological polar surface area (TPSA) is 0 Å². The van der Waals surface area contributed by atoms with Gasteiger partial charge in [-0.3, -0.25) is 0 Å². The summed E-state index contributed by atoms with van der Waals surface area (Å²) in [7, 11) is 0. The second kappa shape index (κ2) is 7.05. The molecule has 2 unspecified atom stereocenters. The molecule has 0 heterocycles. The van der Waals surface area contributed by atoms with Crippen molar-refractivity contribution >= 4 is 18.1 Å². The minimum atomic E-state index is -1.62. The summed E-state index contributed by atoms with van der Waals surface area (Å²) in [4.78, 5) is 0. The van der Waals surface area contributed by atoms with E-state index in [2.05, 4.69) is 85.9 Å². The summed E-state index contributed by atoms with van der Waals surface area (Å²) < 4.78 is 1.57. The molecular weight excluding hydrogens is 395 g/mol. The first kappa shape index (κ1) is 17.1. The van der Waals surface area contributed by atoms with E-state index in [1.54, 1.807) is 11.1 Å². The second-order valence-corrected chi connectivity index (χ2v) is 26.9. The zero-order valence-corrected chi connectivity index (χ0v) is 17.9. The molecule has 2 aliphatic carbocycles. The van der Waals surface area contributed by atoms with Crippen LogP contribution in [0.3, 0.4) is 0 Å². The second-order valence-electron chi connectivity index (χ2n) is 6.59. The van der Waals surface area contributed by atoms with E-state index in [1.165, 1.54) is 11.1 Å². The van der Waals surface area contributed by atoms with Gasteiger partial charge in [-0.1, -0.05) is 0 Å². The third kappa shape index (κ3) is 3.02. The molecule has 0 nitrogen and oxygen atoms in total. The Hall–Kier alpha value is -0.690. The Morgan fingerprint density at radius 2 is 1.22 bits per heavy atom. The Labute approximate surface area is 155 Å². The van der Waals surface area contributed by atoms with Crippen LogP contribution in [-0.4, -0.2) is 5.92 Å². The molecule has 2 aromatic rings. The van der Waals surface area contributed by atoms with Crippen LogP contribution in [0.1, 0.15) is 30.9 Å². The fraction of sp³-hybridized carbons (Fsp3) is 0.200. The predicted octanol–water partition coefficient (Wildman–Crippen LogP) is 2.24. The van der Waals surface area contributed by atoms with Gasteiger partial charge in [-0.05, 0) is 0 Å². The molecule has 0 spiro atoms. The van der Waals surface area contributed by atoms with Crippen molar-refractivity contribution in [3.05, 3.63) is 82.9 Å². The Morgan fingerprint density at radius 1 is 0.783 bits per heavy atom. The van der Waals surface area contributed by atoms with Gasteiger partial charge in [-0.15, -0.1) is 0 Å². The number of fused-ring (bicyclic) bond motifs is 2. The van der Waals surface area contributed by atoms with E-state index in [-0.39, 0.29) is 13.8 Å². The van der Waals surface area contributed by atoms with Crippen molar-refractivity contribution in [3.8, 4) is 0 Å². The maximum Gasteiger partial charge on any atom is -1.00 e. The first-order valence-corrected chi connectivity index (χ1v) is 18.1. The molecule has 2 atom stereocenters. The van der Waals surface area contributed by atoms with Gasteiger partial charge in [0.15, 0.2) is 0 Å². The molecule has 0 saturated heterocycles. The number of allylic oxidation sites excluding steroid dienone is 2. The molecule has 0 aromatic heterocycles. The van der Waals surface area contributed by atoms with Crippen molar-refractivity contribution < 1.29 is 34.7 Å². The first-order chi connectivity index (χ1) is 10.8. The van der Waals surface area contributed by atoms with Crippen LogP contribution >= 0.6 is 0 Å². The van der Waals surface area contributed by atoms with Crippen molar-refractivity contribution in [1.82, 2.24) is 0 Å². The van der Waals surface area contributed by atoms with Crippen LogP contribution in [0.4, 0.5) is 0 Å². The number of rotatable bonds is 3. The summed E-state index contributed by atoms with van der Waals surface area (Å²) in [5.74, 6) is -0.615. The maximum atomic E-state index is 2.60. The third-order valence-electron chi connectivity index (χ3n) is 4.98. The molecule has 117 valence electrons. The van der Waals surface area contributed by atoms with Crippen LogP contribution in [0.5, 0.6) is 0 Å². The Morgan fingerprint density at radius 3 is 1.65 bits per heavy atom. The Bertz CT molecular complexity index is 710. The summed E-state index contributed by atoms with van der Waals surface area (Å²) >= 11 is -1.62. The normalized spacial score (nSPS) is 20.3. The van der Waals surface area contributed by atoms with E-state index in [4.69, 9.17) is 0 Å². The molecule has 0 bridgehead atoms. The van der Waals surface area contributed by atoms with Crippen molar-refractivity contribution in [3.63, 3.8) is 0 Å². The van der Waals surface area contributed by atoms with Gasteiger partial charge >= 0.3 is 142 Å². The van der Waals surface area contributed by atoms with E-state index in [1.807, 2.05) is 0 Å². The molecule has 2 aliphatic rings. The van der Waals surface area contributed by atoms with E-state index in [0.29, 0.717) is 0 Å². The molecule has 23 heavy (non-hydrogen) atoms. The molecule has 3 heteroatoms. The molecule has 2 aromatic carbocycles. The van der Waals surface area contributed by atoms with Crippen LogP contribution in [0, 0.1) is 0 Å². The van der Waals surface area contributed by atoms with E-state index in [9.17, 15) is 0 Å². The molecule has 0 amide bonds. The smallest absolute Gasteiger partial charge is 1.00 e. The summed E-state index contributed by atoms with van der Waals surface area (Å²) in [6, 6.07) is 18.1. The molecule has 0 saturated carbocycles. The standard InChI is InChI=1S/2C9H7.C2H7Si.ClH.Zr.H/c2*1-2-5-9-7-3-6-8(9)4-1;1-3-2;;;/h2*1-7H;3H,1-2H3;1H;;/q;;;;+2;-1/p-1. The van der Waals surface area contributed by atoms with Gasteiger partial charge in [-0.2, -0.15) is 0 Å². The number of benzene rings is 2.